The summed E-state index contributed by atoms with van der Waals surface area (Å²) in [4.78, 5) is 24.7. The van der Waals surface area contributed by atoms with Crippen molar-refractivity contribution >= 4 is 11.9 Å². The van der Waals surface area contributed by atoms with Crippen LogP contribution in [0.1, 0.15) is 128 Å². The van der Waals surface area contributed by atoms with Crippen molar-refractivity contribution in [2.45, 2.75) is 130 Å². The summed E-state index contributed by atoms with van der Waals surface area (Å²) in [7, 11) is 0. The van der Waals surface area contributed by atoms with Crippen molar-refractivity contribution in [3.8, 4) is 11.5 Å². The fraction of sp³-hybridized carbons (Fsp3) is 0.600. The summed E-state index contributed by atoms with van der Waals surface area (Å²) in [5.41, 5.74) is 2.56. The summed E-state index contributed by atoms with van der Waals surface area (Å²) >= 11 is 0. The van der Waals surface area contributed by atoms with Gasteiger partial charge in [0.15, 0.2) is 0 Å². The topological polar surface area (TPSA) is 52.6 Å². The molecule has 0 fully saturated rings. The molecule has 0 radical (unpaired) electrons. The summed E-state index contributed by atoms with van der Waals surface area (Å²) in [6, 6.07) is 15.7. The molecule has 0 saturated carbocycles. The standard InChI is InChI=1S/C35H52O4/c1-4-6-8-10-12-14-16-30-19-23-32(24-20-30)38-34(36)27-18-29(3)28-35(37)39-33-25-21-31(22-26-33)17-15-13-11-9-7-5-2/h19-26,29H,4-18,27-28H2,1-3H3/t29-/m1/s1. The van der Waals surface area contributed by atoms with Gasteiger partial charge in [0.05, 0.1) is 0 Å². The molecule has 0 heterocycles. The highest BCUT2D eigenvalue weighted by Crippen LogP contribution is 2.19. The van der Waals surface area contributed by atoms with Crippen molar-refractivity contribution in [1.82, 2.24) is 0 Å². The molecular formula is C35H52O4. The molecular weight excluding hydrogens is 484 g/mol. The average molecular weight is 537 g/mol. The van der Waals surface area contributed by atoms with Crippen LogP contribution in [-0.4, -0.2) is 11.9 Å². The third-order valence-electron chi connectivity index (χ3n) is 7.30. The smallest absolute Gasteiger partial charge is 0.311 e. The monoisotopic (exact) mass is 536 g/mol. The molecule has 39 heavy (non-hydrogen) atoms. The van der Waals surface area contributed by atoms with Gasteiger partial charge in [0, 0.05) is 12.8 Å². The second-order valence-corrected chi connectivity index (χ2v) is 11.1. The van der Waals surface area contributed by atoms with Gasteiger partial charge in [0.1, 0.15) is 11.5 Å². The van der Waals surface area contributed by atoms with Gasteiger partial charge >= 0.3 is 11.9 Å². The summed E-state index contributed by atoms with van der Waals surface area (Å²) in [6.45, 7) is 6.45. The van der Waals surface area contributed by atoms with Gasteiger partial charge < -0.3 is 9.47 Å². The molecule has 0 N–H and O–H groups in total. The molecule has 4 nitrogen and oxygen atoms in total. The Morgan fingerprint density at radius 3 is 1.46 bits per heavy atom. The van der Waals surface area contributed by atoms with Gasteiger partial charge in [-0.2, -0.15) is 0 Å². The van der Waals surface area contributed by atoms with Gasteiger partial charge in [-0.3, -0.25) is 9.59 Å². The van der Waals surface area contributed by atoms with Crippen LogP contribution in [0, 0.1) is 5.92 Å². The van der Waals surface area contributed by atoms with Gasteiger partial charge in [-0.15, -0.1) is 0 Å². The highest BCUT2D eigenvalue weighted by atomic mass is 16.5. The maximum Gasteiger partial charge on any atom is 0.311 e. The van der Waals surface area contributed by atoms with Gasteiger partial charge in [0.2, 0.25) is 0 Å². The molecule has 0 amide bonds. The van der Waals surface area contributed by atoms with Gasteiger partial charge in [-0.05, 0) is 73.4 Å². The van der Waals surface area contributed by atoms with Crippen LogP contribution in [0.4, 0.5) is 0 Å². The van der Waals surface area contributed by atoms with Gasteiger partial charge in [-0.1, -0.05) is 109 Å². The lowest BCUT2D eigenvalue weighted by molar-refractivity contribution is -0.137. The zero-order valence-electron chi connectivity index (χ0n) is 24.8. The Bertz CT molecular complexity index is 917. The van der Waals surface area contributed by atoms with E-state index >= 15 is 0 Å². The van der Waals surface area contributed by atoms with E-state index in [0.717, 1.165) is 12.8 Å². The predicted molar refractivity (Wildman–Crippen MR) is 161 cm³/mol. The molecule has 0 aliphatic carbocycles. The molecule has 1 atom stereocenters. The van der Waals surface area contributed by atoms with Crippen LogP contribution < -0.4 is 9.47 Å². The molecule has 0 unspecified atom stereocenters. The first-order chi connectivity index (χ1) is 19.0. The molecule has 0 aliphatic heterocycles. The largest absolute Gasteiger partial charge is 0.427 e. The molecule has 2 aromatic carbocycles. The number of benzene rings is 2. The molecule has 0 bridgehead atoms. The van der Waals surface area contributed by atoms with Crippen LogP contribution in [0.5, 0.6) is 11.5 Å². The van der Waals surface area contributed by atoms with E-state index in [0.29, 0.717) is 17.9 Å². The van der Waals surface area contributed by atoms with E-state index in [1.165, 1.54) is 88.2 Å². The van der Waals surface area contributed by atoms with Crippen molar-refractivity contribution in [3.63, 3.8) is 0 Å². The molecule has 0 spiro atoms. The molecule has 4 heteroatoms. The Hall–Kier alpha value is -2.62. The van der Waals surface area contributed by atoms with Gasteiger partial charge in [-0.25, -0.2) is 0 Å². The Morgan fingerprint density at radius 2 is 1.00 bits per heavy atom. The summed E-state index contributed by atoms with van der Waals surface area (Å²) in [6.07, 6.45) is 18.7. The first kappa shape index (κ1) is 32.6. The number of hydrogen-bond donors (Lipinski definition) is 0. The number of unbranched alkanes of at least 4 members (excludes halogenated alkanes) is 10. The average Bonchev–Trinajstić information content (AvgIpc) is 2.93. The van der Waals surface area contributed by atoms with Crippen molar-refractivity contribution in [2.75, 3.05) is 0 Å². The van der Waals surface area contributed by atoms with Gasteiger partial charge in [0.25, 0.3) is 0 Å². The van der Waals surface area contributed by atoms with E-state index in [9.17, 15) is 9.59 Å². The Labute approximate surface area is 237 Å². The SMILES string of the molecule is CCCCCCCCc1ccc(OC(=O)CC[C@@H](C)CC(=O)Oc2ccc(CCCCCCCC)cc2)cc1. The molecule has 216 valence electrons. The number of aryl methyl sites for hydroxylation is 2. The van der Waals surface area contributed by atoms with Crippen LogP contribution in [-0.2, 0) is 22.4 Å². The van der Waals surface area contributed by atoms with E-state index in [2.05, 4.69) is 38.1 Å². The maximum absolute atomic E-state index is 12.4. The Morgan fingerprint density at radius 1 is 0.590 bits per heavy atom. The van der Waals surface area contributed by atoms with E-state index in [1.807, 2.05) is 31.2 Å². The number of hydrogen-bond acceptors (Lipinski definition) is 4. The minimum absolute atomic E-state index is 0.0386. The number of carbonyl (C=O) groups is 2. The number of esters is 2. The minimum Gasteiger partial charge on any atom is -0.427 e. The molecule has 0 aromatic heterocycles. The lowest BCUT2D eigenvalue weighted by Crippen LogP contribution is -2.15. The van der Waals surface area contributed by atoms with E-state index in [1.54, 1.807) is 0 Å². The lowest BCUT2D eigenvalue weighted by atomic mass is 10.0. The molecule has 2 aromatic rings. The maximum atomic E-state index is 12.4. The van der Waals surface area contributed by atoms with Crippen LogP contribution in [0.2, 0.25) is 0 Å². The number of carbonyl (C=O) groups excluding carboxylic acids is 2. The van der Waals surface area contributed by atoms with E-state index in [4.69, 9.17) is 9.47 Å². The second kappa shape index (κ2) is 20.3. The van der Waals surface area contributed by atoms with E-state index in [-0.39, 0.29) is 30.7 Å². The van der Waals surface area contributed by atoms with E-state index < -0.39 is 0 Å². The van der Waals surface area contributed by atoms with Crippen LogP contribution >= 0.6 is 0 Å². The quantitative estimate of drug-likeness (QED) is 0.0905. The summed E-state index contributed by atoms with van der Waals surface area (Å²) in [5, 5.41) is 0. The fourth-order valence-corrected chi connectivity index (χ4v) is 4.77. The normalized spacial score (nSPS) is 11.8. The summed E-state index contributed by atoms with van der Waals surface area (Å²) < 4.78 is 11.0. The predicted octanol–water partition coefficient (Wildman–Crippen LogP) is 9.81. The molecule has 0 aliphatic rings. The first-order valence-corrected chi connectivity index (χ1v) is 15.6. The first-order valence-electron chi connectivity index (χ1n) is 15.6. The zero-order chi connectivity index (χ0) is 28.1. The van der Waals surface area contributed by atoms with Crippen LogP contribution in [0.15, 0.2) is 48.5 Å². The minimum atomic E-state index is -0.264. The Kier molecular flexibility index (Phi) is 17.0. The lowest BCUT2D eigenvalue weighted by Gasteiger charge is -2.11. The molecule has 2 rings (SSSR count). The zero-order valence-corrected chi connectivity index (χ0v) is 24.8. The number of rotatable bonds is 21. The van der Waals surface area contributed by atoms with Crippen LogP contribution in [0.3, 0.4) is 0 Å². The van der Waals surface area contributed by atoms with Crippen molar-refractivity contribution in [1.29, 1.82) is 0 Å². The molecule has 0 saturated heterocycles. The fourth-order valence-electron chi connectivity index (χ4n) is 4.77. The Balaban J connectivity index is 1.60. The van der Waals surface area contributed by atoms with Crippen molar-refractivity contribution < 1.29 is 19.1 Å². The highest BCUT2D eigenvalue weighted by molar-refractivity contribution is 5.74. The van der Waals surface area contributed by atoms with Crippen molar-refractivity contribution in [3.05, 3.63) is 59.7 Å². The third kappa shape index (κ3) is 15.5. The van der Waals surface area contributed by atoms with Crippen molar-refractivity contribution in [2.24, 2.45) is 5.92 Å². The van der Waals surface area contributed by atoms with Crippen LogP contribution in [0.25, 0.3) is 0 Å². The summed E-state index contributed by atoms with van der Waals surface area (Å²) in [5.74, 6) is 0.675. The highest BCUT2D eigenvalue weighted by Gasteiger charge is 2.14. The second-order valence-electron chi connectivity index (χ2n) is 11.1. The third-order valence-corrected chi connectivity index (χ3v) is 7.30. The number of ether oxygens (including phenoxy) is 2.